The molecule has 0 fully saturated rings. The third kappa shape index (κ3) is 7.14. The van der Waals surface area contributed by atoms with E-state index in [4.69, 9.17) is 14.2 Å². The van der Waals surface area contributed by atoms with Crippen LogP contribution in [0.2, 0.25) is 0 Å². The average Bonchev–Trinajstić information content (AvgIpc) is 3.51. The maximum Gasteiger partial charge on any atom is 0.282 e. The van der Waals surface area contributed by atoms with Crippen LogP contribution in [0.5, 0.6) is 11.5 Å². The topological polar surface area (TPSA) is 133 Å². The summed E-state index contributed by atoms with van der Waals surface area (Å²) in [6.45, 7) is -0.318. The van der Waals surface area contributed by atoms with E-state index >= 15 is 0 Å². The predicted octanol–water partition coefficient (Wildman–Crippen LogP) is 3.95. The summed E-state index contributed by atoms with van der Waals surface area (Å²) >= 11 is 0. The van der Waals surface area contributed by atoms with Crippen LogP contribution in [0.1, 0.15) is 23.1 Å². The van der Waals surface area contributed by atoms with Crippen molar-refractivity contribution < 1.29 is 24.1 Å². The number of fused-ring (bicyclic) bond motifs is 1. The largest absolute Gasteiger partial charge is 0.497 e. The first kappa shape index (κ1) is 34.0. The molecule has 250 valence electrons. The van der Waals surface area contributed by atoms with Gasteiger partial charge in [-0.25, -0.2) is 9.98 Å². The van der Waals surface area contributed by atoms with Crippen molar-refractivity contribution in [3.63, 3.8) is 0 Å². The van der Waals surface area contributed by atoms with E-state index in [0.717, 1.165) is 16.7 Å². The maximum atomic E-state index is 13.5. The molecule has 0 aliphatic carbocycles. The van der Waals surface area contributed by atoms with Gasteiger partial charge in [0.05, 0.1) is 40.0 Å². The molecule has 1 N–H and O–H groups in total. The summed E-state index contributed by atoms with van der Waals surface area (Å²) in [5.41, 5.74) is 1.49. The first-order chi connectivity index (χ1) is 23.2. The lowest BCUT2D eigenvalue weighted by Gasteiger charge is -2.37. The fraction of sp³-hybridized carbons (Fsp3) is 0.306. The summed E-state index contributed by atoms with van der Waals surface area (Å²) in [6.07, 6.45) is 2.98. The molecule has 0 spiro atoms. The number of hydrogen-bond donors (Lipinski definition) is 1. The Balaban J connectivity index is 1.44. The summed E-state index contributed by atoms with van der Waals surface area (Å²) < 4.78 is 20.6. The summed E-state index contributed by atoms with van der Waals surface area (Å²) in [5, 5.41) is 10.5. The van der Waals surface area contributed by atoms with Gasteiger partial charge in [-0.15, -0.1) is 0 Å². The lowest BCUT2D eigenvalue weighted by atomic mass is 9.79. The molecule has 0 saturated carbocycles. The Morgan fingerprint density at radius 3 is 2.08 bits per heavy atom. The van der Waals surface area contributed by atoms with Crippen LogP contribution < -0.4 is 15.0 Å². The van der Waals surface area contributed by atoms with E-state index in [2.05, 4.69) is 15.0 Å². The molecule has 0 unspecified atom stereocenters. The van der Waals surface area contributed by atoms with E-state index in [1.54, 1.807) is 32.5 Å². The van der Waals surface area contributed by atoms with Crippen molar-refractivity contribution in [2.45, 2.75) is 18.6 Å². The van der Waals surface area contributed by atoms with Gasteiger partial charge in [0.25, 0.3) is 5.56 Å². The summed E-state index contributed by atoms with van der Waals surface area (Å²) in [5.74, 6) is 0.867. The first-order valence-electron chi connectivity index (χ1n) is 15.4. The molecule has 5 aromatic rings. The number of rotatable bonds is 15. The van der Waals surface area contributed by atoms with Crippen molar-refractivity contribution in [3.8, 4) is 11.5 Å². The highest BCUT2D eigenvalue weighted by Crippen LogP contribution is 2.42. The maximum absolute atomic E-state index is 13.5. The van der Waals surface area contributed by atoms with Gasteiger partial charge in [-0.05, 0) is 41.0 Å². The molecule has 0 saturated heterocycles. The van der Waals surface area contributed by atoms with Crippen LogP contribution in [-0.4, -0.2) is 82.8 Å². The minimum Gasteiger partial charge on any atom is -0.497 e. The van der Waals surface area contributed by atoms with Gasteiger partial charge in [0.1, 0.15) is 17.1 Å². The minimum atomic E-state index is -1.09. The highest BCUT2D eigenvalue weighted by molar-refractivity contribution is 5.81. The Morgan fingerprint density at radius 2 is 1.54 bits per heavy atom. The Bertz CT molecular complexity index is 1870. The van der Waals surface area contributed by atoms with Crippen molar-refractivity contribution in [3.05, 3.63) is 112 Å². The summed E-state index contributed by atoms with van der Waals surface area (Å²) in [7, 11) is 8.41. The second-order valence-corrected chi connectivity index (χ2v) is 11.6. The van der Waals surface area contributed by atoms with E-state index in [9.17, 15) is 14.7 Å². The van der Waals surface area contributed by atoms with Crippen LogP contribution in [-0.2, 0) is 28.7 Å². The standard InChI is InChI=1S/C36H40N6O6/c1-40(2)23-38-35-39-33-32(34(45)41(35)3)37-24-42(33)20-29(44)19-25(21-43)22-48-36(26-9-7-6-8-10-26,27-11-15-30(46-4)16-12-27)28-13-17-31(47-5)18-14-28/h6-18,23-25,43H,19-22H2,1-5H3/t25-/m1/s1. The lowest BCUT2D eigenvalue weighted by molar-refractivity contribution is -0.122. The number of aliphatic hydroxyl groups is 1. The third-order valence-corrected chi connectivity index (χ3v) is 8.06. The molecular formula is C36H40N6O6. The van der Waals surface area contributed by atoms with Crippen LogP contribution in [0.25, 0.3) is 11.2 Å². The van der Waals surface area contributed by atoms with Gasteiger partial charge < -0.3 is 28.8 Å². The summed E-state index contributed by atoms with van der Waals surface area (Å²) in [4.78, 5) is 41.1. The van der Waals surface area contributed by atoms with E-state index in [-0.39, 0.29) is 54.6 Å². The van der Waals surface area contributed by atoms with E-state index in [1.807, 2.05) is 93.0 Å². The van der Waals surface area contributed by atoms with Crippen LogP contribution in [0.4, 0.5) is 5.95 Å². The Hall–Kier alpha value is -5.33. The molecule has 0 amide bonds. The number of carbonyl (C=O) groups is 1. The third-order valence-electron chi connectivity index (χ3n) is 8.06. The number of benzene rings is 3. The Morgan fingerprint density at radius 1 is 0.958 bits per heavy atom. The number of aliphatic hydroxyl groups excluding tert-OH is 1. The van der Waals surface area contributed by atoms with Crippen LogP contribution in [0, 0.1) is 5.92 Å². The molecule has 3 aromatic carbocycles. The number of ketones is 1. The van der Waals surface area contributed by atoms with E-state index in [0.29, 0.717) is 11.5 Å². The van der Waals surface area contributed by atoms with Crippen LogP contribution in [0.3, 0.4) is 0 Å². The van der Waals surface area contributed by atoms with Crippen LogP contribution >= 0.6 is 0 Å². The average molecular weight is 653 g/mol. The molecule has 48 heavy (non-hydrogen) atoms. The molecule has 0 radical (unpaired) electrons. The molecule has 12 heteroatoms. The SMILES string of the molecule is COc1ccc(C(OC[C@@H](CO)CC(=O)Cn2cnc3c(=O)n(C)c(N=CN(C)C)nc32)(c2ccccc2)c2ccc(OC)cc2)cc1. The zero-order valence-corrected chi connectivity index (χ0v) is 27.7. The number of imidazole rings is 1. The number of methoxy groups -OCH3 is 2. The van der Waals surface area contributed by atoms with Gasteiger partial charge in [-0.2, -0.15) is 4.98 Å². The fourth-order valence-electron chi connectivity index (χ4n) is 5.53. The molecule has 2 heterocycles. The van der Waals surface area contributed by atoms with E-state index < -0.39 is 11.5 Å². The zero-order valence-electron chi connectivity index (χ0n) is 27.7. The van der Waals surface area contributed by atoms with E-state index in [1.165, 1.54) is 15.5 Å². The molecular weight excluding hydrogens is 612 g/mol. The predicted molar refractivity (Wildman–Crippen MR) is 183 cm³/mol. The number of aromatic nitrogens is 4. The first-order valence-corrected chi connectivity index (χ1v) is 15.4. The molecule has 5 rings (SSSR count). The second kappa shape index (κ2) is 15.1. The van der Waals surface area contributed by atoms with Crippen molar-refractivity contribution in [2.24, 2.45) is 18.0 Å². The molecule has 0 aliphatic heterocycles. The molecule has 0 bridgehead atoms. The number of nitrogens with zero attached hydrogens (tertiary/aromatic N) is 6. The van der Waals surface area contributed by atoms with Crippen LogP contribution in [0.15, 0.2) is 95.0 Å². The number of Topliss-reactive ketones (excluding diaryl/α,β-unsaturated/α-hetero) is 1. The fourth-order valence-corrected chi connectivity index (χ4v) is 5.53. The quantitative estimate of drug-likeness (QED) is 0.101. The number of hydrogen-bond acceptors (Lipinski definition) is 9. The van der Waals surface area contributed by atoms with Gasteiger partial charge in [0.15, 0.2) is 16.9 Å². The monoisotopic (exact) mass is 652 g/mol. The summed E-state index contributed by atoms with van der Waals surface area (Å²) in [6, 6.07) is 25.1. The molecule has 0 aliphatic rings. The second-order valence-electron chi connectivity index (χ2n) is 11.6. The van der Waals surface area contributed by atoms with Gasteiger partial charge in [0.2, 0.25) is 5.95 Å². The minimum absolute atomic E-state index is 0.0166. The number of carbonyl (C=O) groups excluding carboxylic acids is 1. The highest BCUT2D eigenvalue weighted by atomic mass is 16.5. The molecule has 2 aromatic heterocycles. The normalized spacial score (nSPS) is 12.4. The smallest absolute Gasteiger partial charge is 0.282 e. The van der Waals surface area contributed by atoms with Gasteiger partial charge in [-0.3, -0.25) is 14.2 Å². The zero-order chi connectivity index (χ0) is 34.3. The highest BCUT2D eigenvalue weighted by Gasteiger charge is 2.38. The Labute approximate surface area is 278 Å². The van der Waals surface area contributed by atoms with Crippen molar-refractivity contribution in [2.75, 3.05) is 41.5 Å². The Kier molecular flexibility index (Phi) is 10.7. The van der Waals surface area contributed by atoms with Crippen molar-refractivity contribution >= 4 is 29.2 Å². The van der Waals surface area contributed by atoms with Crippen molar-refractivity contribution in [1.82, 2.24) is 24.0 Å². The van der Waals surface area contributed by atoms with Gasteiger partial charge in [0, 0.05) is 40.1 Å². The molecule has 1 atom stereocenters. The molecule has 12 nitrogen and oxygen atoms in total. The van der Waals surface area contributed by atoms with Gasteiger partial charge in [-0.1, -0.05) is 54.6 Å². The van der Waals surface area contributed by atoms with Gasteiger partial charge >= 0.3 is 0 Å². The number of ether oxygens (including phenoxy) is 3. The lowest BCUT2D eigenvalue weighted by Crippen LogP contribution is -2.35. The van der Waals surface area contributed by atoms with Crippen molar-refractivity contribution in [1.29, 1.82) is 0 Å². The number of aliphatic imine (C=N–C) groups is 1.